The highest BCUT2D eigenvalue weighted by atomic mass is 19.4. The molecule has 2 unspecified atom stereocenters. The van der Waals surface area contributed by atoms with Crippen molar-refractivity contribution < 1.29 is 40.6 Å². The predicted molar refractivity (Wildman–Crippen MR) is 82.8 cm³/mol. The molecule has 0 radical (unpaired) electrons. The van der Waals surface area contributed by atoms with E-state index in [-0.39, 0.29) is 12.0 Å². The van der Waals surface area contributed by atoms with Gasteiger partial charge in [-0.1, -0.05) is 19.1 Å². The molecule has 4 nitrogen and oxygen atoms in total. The number of ether oxygens (including phenoxy) is 2. The van der Waals surface area contributed by atoms with E-state index in [1.807, 2.05) is 0 Å². The molecule has 1 N–H and O–H groups in total. The third kappa shape index (κ3) is 6.93. The first-order chi connectivity index (χ1) is 12.5. The first-order valence-corrected chi connectivity index (χ1v) is 8.22. The van der Waals surface area contributed by atoms with Crippen LogP contribution in [0.5, 0.6) is 5.75 Å². The highest BCUT2D eigenvalue weighted by Crippen LogP contribution is 2.47. The lowest BCUT2D eigenvalue weighted by atomic mass is 9.99. The summed E-state index contributed by atoms with van der Waals surface area (Å²) in [5, 5.41) is 2.41. The van der Waals surface area contributed by atoms with Crippen molar-refractivity contribution in [1.82, 2.24) is 5.32 Å². The van der Waals surface area contributed by atoms with Gasteiger partial charge in [0.2, 0.25) is 5.91 Å². The Balaban J connectivity index is 2.08. The monoisotopic (exact) mass is 399 g/mol. The molecule has 1 fully saturated rings. The first-order valence-electron chi connectivity index (χ1n) is 8.22. The van der Waals surface area contributed by atoms with Crippen LogP contribution in [0.3, 0.4) is 0 Å². The molecule has 0 spiro atoms. The zero-order valence-electron chi connectivity index (χ0n) is 14.4. The highest BCUT2D eigenvalue weighted by Gasteiger charge is 2.48. The number of nitrogens with one attached hydrogen (secondary N) is 1. The van der Waals surface area contributed by atoms with E-state index in [0.717, 1.165) is 12.1 Å². The average molecular weight is 399 g/mol. The van der Waals surface area contributed by atoms with Gasteiger partial charge in [-0.2, -0.15) is 8.78 Å². The van der Waals surface area contributed by atoms with Gasteiger partial charge in [0.25, 0.3) is 0 Å². The van der Waals surface area contributed by atoms with Crippen molar-refractivity contribution in [3.05, 3.63) is 29.8 Å². The van der Waals surface area contributed by atoms with Crippen molar-refractivity contribution in [2.24, 2.45) is 5.92 Å². The molecule has 1 aromatic rings. The molecular weight excluding hydrogens is 380 g/mol. The van der Waals surface area contributed by atoms with Crippen LogP contribution in [-0.2, 0) is 9.53 Å². The zero-order chi connectivity index (χ0) is 20.2. The fourth-order valence-corrected chi connectivity index (χ4v) is 2.65. The van der Waals surface area contributed by atoms with Crippen LogP contribution in [0, 0.1) is 5.92 Å². The summed E-state index contributed by atoms with van der Waals surface area (Å²) in [5.41, 5.74) is -1.31. The molecule has 1 aliphatic rings. The normalized spacial score (nSPS) is 18.1. The number of amides is 1. The standard InChI is InChI=1S/C17H19F6NO3/c1-10(16(20)5-6-16)7-14(25)24-13(9-26-15(18)19)11-3-2-4-12(8-11)27-17(21,22)23/h2-4,8,10,13,15H,5-7,9H2,1H3,(H,24,25). The van der Waals surface area contributed by atoms with E-state index >= 15 is 0 Å². The second-order valence-corrected chi connectivity index (χ2v) is 6.47. The Hall–Kier alpha value is -1.97. The largest absolute Gasteiger partial charge is 0.573 e. The van der Waals surface area contributed by atoms with Crippen LogP contribution in [0.15, 0.2) is 24.3 Å². The summed E-state index contributed by atoms with van der Waals surface area (Å²) in [5.74, 6) is -1.74. The molecule has 2 rings (SSSR count). The fourth-order valence-electron chi connectivity index (χ4n) is 2.65. The van der Waals surface area contributed by atoms with E-state index in [2.05, 4.69) is 14.8 Å². The van der Waals surface area contributed by atoms with Gasteiger partial charge in [-0.15, -0.1) is 13.2 Å². The van der Waals surface area contributed by atoms with Gasteiger partial charge < -0.3 is 14.8 Å². The molecule has 27 heavy (non-hydrogen) atoms. The van der Waals surface area contributed by atoms with Crippen molar-refractivity contribution in [2.45, 2.75) is 50.9 Å². The van der Waals surface area contributed by atoms with Crippen molar-refractivity contribution in [2.75, 3.05) is 6.61 Å². The highest BCUT2D eigenvalue weighted by molar-refractivity contribution is 5.77. The smallest absolute Gasteiger partial charge is 0.406 e. The second-order valence-electron chi connectivity index (χ2n) is 6.47. The number of hydrogen-bond acceptors (Lipinski definition) is 3. The van der Waals surface area contributed by atoms with Crippen molar-refractivity contribution in [3.8, 4) is 5.75 Å². The number of carbonyl (C=O) groups excluding carboxylic acids is 1. The lowest BCUT2D eigenvalue weighted by Gasteiger charge is -2.22. The van der Waals surface area contributed by atoms with Crippen molar-refractivity contribution in [3.63, 3.8) is 0 Å². The molecule has 0 aromatic heterocycles. The fraction of sp³-hybridized carbons (Fsp3) is 0.588. The molecule has 2 atom stereocenters. The summed E-state index contributed by atoms with van der Waals surface area (Å²) >= 11 is 0. The van der Waals surface area contributed by atoms with Gasteiger partial charge >= 0.3 is 13.0 Å². The van der Waals surface area contributed by atoms with Gasteiger partial charge in [0, 0.05) is 6.42 Å². The van der Waals surface area contributed by atoms with Crippen LogP contribution in [0.4, 0.5) is 26.3 Å². The Kier molecular flexibility index (Phi) is 6.61. The molecule has 0 saturated heterocycles. The van der Waals surface area contributed by atoms with E-state index < -0.39 is 48.9 Å². The number of benzene rings is 1. The molecule has 0 heterocycles. The number of carbonyl (C=O) groups is 1. The lowest BCUT2D eigenvalue weighted by molar-refractivity contribution is -0.274. The van der Waals surface area contributed by atoms with Crippen molar-refractivity contribution in [1.29, 1.82) is 0 Å². The first kappa shape index (κ1) is 21.3. The maximum absolute atomic E-state index is 14.0. The average Bonchev–Trinajstić information content (AvgIpc) is 3.29. The summed E-state index contributed by atoms with van der Waals surface area (Å²) in [6.07, 6.45) is -4.39. The molecule has 1 aromatic carbocycles. The molecular formula is C17H19F6NO3. The molecule has 1 amide bonds. The second kappa shape index (κ2) is 8.37. The Labute approximate surface area is 151 Å². The zero-order valence-corrected chi connectivity index (χ0v) is 14.4. The van der Waals surface area contributed by atoms with E-state index in [1.165, 1.54) is 12.1 Å². The summed E-state index contributed by atoms with van der Waals surface area (Å²) in [6.45, 7) is -2.23. The minimum absolute atomic E-state index is 0.0831. The molecule has 1 saturated carbocycles. The quantitative estimate of drug-likeness (QED) is 0.622. The van der Waals surface area contributed by atoms with E-state index in [0.29, 0.717) is 12.8 Å². The molecule has 0 aliphatic heterocycles. The van der Waals surface area contributed by atoms with Crippen LogP contribution >= 0.6 is 0 Å². The minimum atomic E-state index is -4.92. The lowest BCUT2D eigenvalue weighted by Crippen LogP contribution is -2.34. The maximum atomic E-state index is 14.0. The summed E-state index contributed by atoms with van der Waals surface area (Å²) in [6, 6.07) is 3.41. The van der Waals surface area contributed by atoms with E-state index in [4.69, 9.17) is 0 Å². The van der Waals surface area contributed by atoms with Crippen LogP contribution in [0.25, 0.3) is 0 Å². The number of rotatable bonds is 9. The van der Waals surface area contributed by atoms with Gasteiger partial charge in [-0.3, -0.25) is 4.79 Å². The van der Waals surface area contributed by atoms with E-state index in [1.54, 1.807) is 6.92 Å². The van der Waals surface area contributed by atoms with Crippen LogP contribution in [0.1, 0.15) is 37.8 Å². The summed E-state index contributed by atoms with van der Waals surface area (Å²) in [7, 11) is 0. The molecule has 0 bridgehead atoms. The Morgan fingerprint density at radius 1 is 1.30 bits per heavy atom. The molecule has 1 aliphatic carbocycles. The van der Waals surface area contributed by atoms with Crippen LogP contribution in [-0.4, -0.2) is 31.2 Å². The minimum Gasteiger partial charge on any atom is -0.406 e. The number of halogens is 6. The molecule has 152 valence electrons. The van der Waals surface area contributed by atoms with Gasteiger partial charge in [0.1, 0.15) is 11.4 Å². The summed E-state index contributed by atoms with van der Waals surface area (Å²) < 4.78 is 83.7. The third-order valence-corrected chi connectivity index (χ3v) is 4.32. The van der Waals surface area contributed by atoms with Gasteiger partial charge in [0.15, 0.2) is 0 Å². The Bertz CT molecular complexity index is 648. The van der Waals surface area contributed by atoms with Gasteiger partial charge in [0.05, 0.1) is 12.6 Å². The van der Waals surface area contributed by atoms with Gasteiger partial charge in [-0.25, -0.2) is 4.39 Å². The summed E-state index contributed by atoms with van der Waals surface area (Å²) in [4.78, 5) is 12.1. The van der Waals surface area contributed by atoms with Crippen LogP contribution < -0.4 is 10.1 Å². The maximum Gasteiger partial charge on any atom is 0.573 e. The van der Waals surface area contributed by atoms with Crippen LogP contribution in [0.2, 0.25) is 0 Å². The number of alkyl halides is 6. The Morgan fingerprint density at radius 2 is 1.96 bits per heavy atom. The van der Waals surface area contributed by atoms with Gasteiger partial charge in [-0.05, 0) is 36.5 Å². The molecule has 10 heteroatoms. The third-order valence-electron chi connectivity index (χ3n) is 4.32. The predicted octanol–water partition coefficient (Wildman–Crippen LogP) is 4.51. The Morgan fingerprint density at radius 3 is 2.52 bits per heavy atom. The van der Waals surface area contributed by atoms with Crippen molar-refractivity contribution >= 4 is 5.91 Å². The number of hydrogen-bond donors (Lipinski definition) is 1. The SMILES string of the molecule is CC(CC(=O)NC(COC(F)F)c1cccc(OC(F)(F)F)c1)C1(F)CC1. The van der Waals surface area contributed by atoms with E-state index in [9.17, 15) is 31.1 Å². The topological polar surface area (TPSA) is 47.6 Å².